The number of aromatic nitrogens is 1. The Bertz CT molecular complexity index is 540. The van der Waals surface area contributed by atoms with Gasteiger partial charge in [-0.1, -0.05) is 0 Å². The molecule has 0 aliphatic carbocycles. The van der Waals surface area contributed by atoms with E-state index >= 15 is 0 Å². The van der Waals surface area contributed by atoms with Crippen molar-refractivity contribution in [3.8, 4) is 0 Å². The minimum Gasteiger partial charge on any atom is -0.458 e. The summed E-state index contributed by atoms with van der Waals surface area (Å²) in [5, 5.41) is 11.7. The molecule has 2 N–H and O–H groups in total. The lowest BCUT2D eigenvalue weighted by atomic mass is 10.2. The van der Waals surface area contributed by atoms with Crippen molar-refractivity contribution in [1.29, 1.82) is 0 Å². The number of ether oxygens (including phenoxy) is 1. The molecule has 0 bridgehead atoms. The fourth-order valence-electron chi connectivity index (χ4n) is 1.48. The number of amides is 1. The van der Waals surface area contributed by atoms with Crippen LogP contribution in [0.2, 0.25) is 0 Å². The number of hydrogen-bond donors (Lipinski definition) is 2. The average molecular weight is 359 g/mol. The molecule has 21 heavy (non-hydrogen) atoms. The van der Waals surface area contributed by atoms with E-state index in [0.717, 1.165) is 5.56 Å². The molecule has 6 nitrogen and oxygen atoms in total. The zero-order valence-corrected chi connectivity index (χ0v) is 14.0. The quantitative estimate of drug-likeness (QED) is 0.797. The fraction of sp³-hybridized carbons (Fsp3) is 0.500. The zero-order chi connectivity index (χ0) is 16.2. The summed E-state index contributed by atoms with van der Waals surface area (Å²) in [6.07, 6.45) is 1.54. The fourth-order valence-corrected chi connectivity index (χ4v) is 2.12. The van der Waals surface area contributed by atoms with Crippen LogP contribution in [-0.2, 0) is 9.53 Å². The number of aliphatic hydroxyl groups is 1. The number of carbonyl (C=O) groups excluding carboxylic acids is 2. The molecule has 1 unspecified atom stereocenters. The van der Waals surface area contributed by atoms with Crippen LogP contribution in [0.1, 0.15) is 36.8 Å². The number of esters is 1. The zero-order valence-electron chi connectivity index (χ0n) is 12.4. The number of pyridine rings is 1. The van der Waals surface area contributed by atoms with Crippen LogP contribution in [0.25, 0.3) is 0 Å². The summed E-state index contributed by atoms with van der Waals surface area (Å²) in [6, 6.07) is 0.607. The van der Waals surface area contributed by atoms with Gasteiger partial charge in [-0.25, -0.2) is 9.78 Å². The molecule has 1 amide bonds. The highest BCUT2D eigenvalue weighted by Crippen LogP contribution is 2.16. The first-order valence-electron chi connectivity index (χ1n) is 6.41. The van der Waals surface area contributed by atoms with Crippen molar-refractivity contribution in [3.63, 3.8) is 0 Å². The van der Waals surface area contributed by atoms with E-state index in [1.165, 1.54) is 0 Å². The van der Waals surface area contributed by atoms with Gasteiger partial charge in [0.1, 0.15) is 11.3 Å². The molecule has 1 aromatic heterocycles. The van der Waals surface area contributed by atoms with Crippen LogP contribution >= 0.6 is 15.9 Å². The van der Waals surface area contributed by atoms with Gasteiger partial charge in [-0.3, -0.25) is 4.79 Å². The highest BCUT2D eigenvalue weighted by Gasteiger charge is 2.27. The summed E-state index contributed by atoms with van der Waals surface area (Å²) >= 11 is 3.24. The third kappa shape index (κ3) is 5.43. The molecule has 1 aromatic rings. The van der Waals surface area contributed by atoms with E-state index in [4.69, 9.17) is 4.74 Å². The lowest BCUT2D eigenvalue weighted by molar-refractivity contribution is -0.158. The lowest BCUT2D eigenvalue weighted by Gasteiger charge is -2.23. The molecule has 0 saturated carbocycles. The summed E-state index contributed by atoms with van der Waals surface area (Å²) in [7, 11) is 0. The van der Waals surface area contributed by atoms with Crippen molar-refractivity contribution in [2.24, 2.45) is 0 Å². The number of nitrogens with one attached hydrogen (secondary N) is 1. The molecule has 0 aliphatic heterocycles. The molecule has 1 heterocycles. The largest absolute Gasteiger partial charge is 0.458 e. The van der Waals surface area contributed by atoms with Crippen molar-refractivity contribution in [1.82, 2.24) is 10.3 Å². The summed E-state index contributed by atoms with van der Waals surface area (Å²) in [4.78, 5) is 28.0. The van der Waals surface area contributed by atoms with Crippen molar-refractivity contribution in [2.45, 2.75) is 39.3 Å². The summed E-state index contributed by atoms with van der Waals surface area (Å²) < 4.78 is 5.65. The van der Waals surface area contributed by atoms with Crippen LogP contribution in [0.15, 0.2) is 16.7 Å². The standard InChI is InChI=1S/C14H19BrN2O4/c1-8-5-9(15)11(16-6-8)12(19)17-10(7-18)13(20)21-14(2,3)4/h5-6,10,18H,7H2,1-4H3,(H,17,19). The molecular formula is C14H19BrN2O4. The number of aliphatic hydroxyl groups excluding tert-OH is 1. The molecule has 0 aromatic carbocycles. The normalized spacial score (nSPS) is 12.7. The van der Waals surface area contributed by atoms with Crippen LogP contribution in [0.3, 0.4) is 0 Å². The Hall–Kier alpha value is -1.47. The third-order valence-corrected chi connectivity index (χ3v) is 2.98. The van der Waals surface area contributed by atoms with Crippen molar-refractivity contribution < 1.29 is 19.4 Å². The molecule has 116 valence electrons. The van der Waals surface area contributed by atoms with E-state index in [9.17, 15) is 14.7 Å². The Balaban J connectivity index is 2.81. The van der Waals surface area contributed by atoms with E-state index in [1.807, 2.05) is 6.92 Å². The first-order valence-corrected chi connectivity index (χ1v) is 7.20. The van der Waals surface area contributed by atoms with Gasteiger partial charge in [-0.15, -0.1) is 0 Å². The van der Waals surface area contributed by atoms with Gasteiger partial charge in [-0.05, 0) is 55.3 Å². The monoisotopic (exact) mass is 358 g/mol. The van der Waals surface area contributed by atoms with Crippen molar-refractivity contribution >= 4 is 27.8 Å². The van der Waals surface area contributed by atoms with Gasteiger partial charge < -0.3 is 15.2 Å². The van der Waals surface area contributed by atoms with Gasteiger partial charge >= 0.3 is 5.97 Å². The average Bonchev–Trinajstić information content (AvgIpc) is 2.33. The second kappa shape index (κ2) is 7.00. The smallest absolute Gasteiger partial charge is 0.331 e. The van der Waals surface area contributed by atoms with Gasteiger partial charge in [0.15, 0.2) is 6.04 Å². The maximum absolute atomic E-state index is 12.1. The van der Waals surface area contributed by atoms with E-state index < -0.39 is 30.1 Å². The Kier molecular flexibility index (Phi) is 5.86. The number of hydrogen-bond acceptors (Lipinski definition) is 5. The highest BCUT2D eigenvalue weighted by atomic mass is 79.9. The number of rotatable bonds is 4. The lowest BCUT2D eigenvalue weighted by Crippen LogP contribution is -2.46. The van der Waals surface area contributed by atoms with Crippen LogP contribution in [-0.4, -0.2) is 40.2 Å². The summed E-state index contributed by atoms with van der Waals surface area (Å²) in [6.45, 7) is 6.42. The summed E-state index contributed by atoms with van der Waals surface area (Å²) in [5.74, 6) is -1.26. The number of carbonyl (C=O) groups is 2. The van der Waals surface area contributed by atoms with E-state index in [2.05, 4.69) is 26.2 Å². The number of halogens is 1. The summed E-state index contributed by atoms with van der Waals surface area (Å²) in [5.41, 5.74) is 0.338. The predicted molar refractivity (Wildman–Crippen MR) is 80.9 cm³/mol. The third-order valence-electron chi connectivity index (χ3n) is 2.37. The molecule has 0 fully saturated rings. The van der Waals surface area contributed by atoms with Crippen molar-refractivity contribution in [2.75, 3.05) is 6.61 Å². The molecule has 7 heteroatoms. The van der Waals surface area contributed by atoms with Gasteiger partial charge in [-0.2, -0.15) is 0 Å². The van der Waals surface area contributed by atoms with Crippen LogP contribution < -0.4 is 5.32 Å². The highest BCUT2D eigenvalue weighted by molar-refractivity contribution is 9.10. The van der Waals surface area contributed by atoms with Gasteiger partial charge in [0.25, 0.3) is 5.91 Å². The SMILES string of the molecule is Cc1cnc(C(=O)NC(CO)C(=O)OC(C)(C)C)c(Br)c1. The first-order chi connectivity index (χ1) is 9.64. The van der Waals surface area contributed by atoms with E-state index in [1.54, 1.807) is 33.0 Å². The van der Waals surface area contributed by atoms with E-state index in [0.29, 0.717) is 4.47 Å². The molecule has 1 rings (SSSR count). The topological polar surface area (TPSA) is 88.5 Å². The number of nitrogens with zero attached hydrogens (tertiary/aromatic N) is 1. The molecule has 0 aliphatic rings. The molecule has 0 saturated heterocycles. The first kappa shape index (κ1) is 17.6. The van der Waals surface area contributed by atoms with Crippen molar-refractivity contribution in [3.05, 3.63) is 28.0 Å². The predicted octanol–water partition coefficient (Wildman–Crippen LogP) is 1.58. The Morgan fingerprint density at radius 2 is 2.10 bits per heavy atom. The Labute approximate surface area is 132 Å². The maximum atomic E-state index is 12.1. The number of aryl methyl sites for hydroxylation is 1. The molecular weight excluding hydrogens is 340 g/mol. The van der Waals surface area contributed by atoms with Gasteiger partial charge in [0, 0.05) is 10.7 Å². The van der Waals surface area contributed by atoms with Gasteiger partial charge in [0.2, 0.25) is 0 Å². The second-order valence-electron chi connectivity index (χ2n) is 5.59. The molecule has 0 spiro atoms. The maximum Gasteiger partial charge on any atom is 0.331 e. The molecule has 1 atom stereocenters. The Morgan fingerprint density at radius 3 is 2.57 bits per heavy atom. The minimum absolute atomic E-state index is 0.141. The van der Waals surface area contributed by atoms with Crippen LogP contribution in [0.4, 0.5) is 0 Å². The van der Waals surface area contributed by atoms with Crippen LogP contribution in [0, 0.1) is 6.92 Å². The molecule has 0 radical (unpaired) electrons. The second-order valence-corrected chi connectivity index (χ2v) is 6.44. The van der Waals surface area contributed by atoms with Crippen LogP contribution in [0.5, 0.6) is 0 Å². The minimum atomic E-state index is -1.13. The van der Waals surface area contributed by atoms with Gasteiger partial charge in [0.05, 0.1) is 6.61 Å². The Morgan fingerprint density at radius 1 is 1.48 bits per heavy atom. The van der Waals surface area contributed by atoms with E-state index in [-0.39, 0.29) is 5.69 Å².